The van der Waals surface area contributed by atoms with Gasteiger partial charge in [0.05, 0.1) is 26.2 Å². The van der Waals surface area contributed by atoms with Crippen molar-refractivity contribution in [1.82, 2.24) is 9.80 Å². The van der Waals surface area contributed by atoms with Gasteiger partial charge in [0.1, 0.15) is 0 Å². The van der Waals surface area contributed by atoms with Crippen molar-refractivity contribution in [2.45, 2.75) is 64.7 Å². The van der Waals surface area contributed by atoms with Crippen LogP contribution in [0, 0.1) is 11.8 Å². The number of methoxy groups -OCH3 is 2. The van der Waals surface area contributed by atoms with E-state index in [2.05, 4.69) is 36.1 Å². The van der Waals surface area contributed by atoms with Crippen molar-refractivity contribution in [2.24, 2.45) is 11.8 Å². The van der Waals surface area contributed by atoms with E-state index in [0.717, 1.165) is 44.2 Å². The highest BCUT2D eigenvalue weighted by atomic mass is 16.7. The Morgan fingerprint density at radius 1 is 1.06 bits per heavy atom. The van der Waals surface area contributed by atoms with Crippen LogP contribution in [0.3, 0.4) is 0 Å². The zero-order chi connectivity index (χ0) is 23.5. The molecule has 1 heterocycles. The minimum atomic E-state index is -0.389. The highest BCUT2D eigenvalue weighted by molar-refractivity contribution is 5.76. The average molecular weight is 461 g/mol. The molecule has 1 aromatic carbocycles. The lowest BCUT2D eigenvalue weighted by atomic mass is 10.0. The van der Waals surface area contributed by atoms with Gasteiger partial charge in [-0.05, 0) is 48.6 Å². The first-order chi connectivity index (χ1) is 16.1. The van der Waals surface area contributed by atoms with E-state index in [4.69, 9.17) is 14.2 Å². The number of likely N-dealkylation sites (tertiary alicyclic amines) is 1. The van der Waals surface area contributed by atoms with Crippen LogP contribution in [-0.2, 0) is 32.0 Å². The number of ether oxygens (including phenoxy) is 3. The summed E-state index contributed by atoms with van der Waals surface area (Å²) in [5.41, 5.74) is 2.69. The zero-order valence-corrected chi connectivity index (χ0v) is 21.0. The SMILES string of the molecule is CCCCN(CC(OC)OC)C(=O)CCOCCc1ccc(CN2CC3CCCC3C2)cc1. The molecular weight excluding hydrogens is 416 g/mol. The van der Waals surface area contributed by atoms with Gasteiger partial charge in [-0.15, -0.1) is 0 Å². The van der Waals surface area contributed by atoms with Crippen LogP contribution >= 0.6 is 0 Å². The highest BCUT2D eigenvalue weighted by Crippen LogP contribution is 2.38. The number of hydrogen-bond acceptors (Lipinski definition) is 5. The topological polar surface area (TPSA) is 51.2 Å². The first-order valence-electron chi connectivity index (χ1n) is 12.8. The van der Waals surface area contributed by atoms with Crippen LogP contribution in [0.2, 0.25) is 0 Å². The lowest BCUT2D eigenvalue weighted by Crippen LogP contribution is -2.40. The Labute approximate surface area is 200 Å². The first kappa shape index (κ1) is 26.1. The number of hydrogen-bond donors (Lipinski definition) is 0. The molecule has 2 unspecified atom stereocenters. The minimum absolute atomic E-state index is 0.0953. The molecule has 1 saturated heterocycles. The summed E-state index contributed by atoms with van der Waals surface area (Å²) in [7, 11) is 3.20. The molecule has 0 radical (unpaired) electrons. The Kier molecular flexibility index (Phi) is 11.1. The van der Waals surface area contributed by atoms with E-state index in [9.17, 15) is 4.79 Å². The van der Waals surface area contributed by atoms with E-state index in [1.54, 1.807) is 14.2 Å². The van der Waals surface area contributed by atoms with E-state index in [1.807, 2.05) is 4.90 Å². The lowest BCUT2D eigenvalue weighted by Gasteiger charge is -2.26. The lowest BCUT2D eigenvalue weighted by molar-refractivity contribution is -0.146. The predicted octanol–water partition coefficient (Wildman–Crippen LogP) is 4.12. The Balaban J connectivity index is 1.32. The Hall–Kier alpha value is -1.47. The number of carbonyl (C=O) groups excluding carboxylic acids is 1. The number of benzene rings is 1. The van der Waals surface area contributed by atoms with Gasteiger partial charge in [-0.2, -0.15) is 0 Å². The minimum Gasteiger partial charge on any atom is -0.381 e. The van der Waals surface area contributed by atoms with Crippen LogP contribution in [-0.4, -0.2) is 75.6 Å². The molecule has 1 aliphatic heterocycles. The predicted molar refractivity (Wildman–Crippen MR) is 131 cm³/mol. The van der Waals surface area contributed by atoms with Gasteiger partial charge in [0, 0.05) is 40.4 Å². The first-order valence-corrected chi connectivity index (χ1v) is 12.8. The maximum Gasteiger partial charge on any atom is 0.225 e. The summed E-state index contributed by atoms with van der Waals surface area (Å²) < 4.78 is 16.3. The summed E-state index contributed by atoms with van der Waals surface area (Å²) in [5.74, 6) is 2.00. The molecule has 0 N–H and O–H groups in total. The monoisotopic (exact) mass is 460 g/mol. The van der Waals surface area contributed by atoms with Crippen LogP contribution in [0.15, 0.2) is 24.3 Å². The summed E-state index contributed by atoms with van der Waals surface area (Å²) in [6.45, 7) is 8.03. The Bertz CT molecular complexity index is 680. The average Bonchev–Trinajstić information content (AvgIpc) is 3.42. The summed E-state index contributed by atoms with van der Waals surface area (Å²) in [5, 5.41) is 0. The molecule has 2 atom stereocenters. The summed E-state index contributed by atoms with van der Waals surface area (Å²) in [4.78, 5) is 17.1. The third-order valence-corrected chi connectivity index (χ3v) is 7.26. The standard InChI is InChI=1S/C27H44N2O4/c1-4-5-15-29(21-27(31-2)32-3)26(30)14-17-33-16-13-22-9-11-23(12-10-22)18-28-19-24-7-6-8-25(24)20-28/h9-12,24-25,27H,4-8,13-21H2,1-3H3. The fourth-order valence-electron chi connectivity index (χ4n) is 5.23. The van der Waals surface area contributed by atoms with Crippen molar-refractivity contribution in [3.63, 3.8) is 0 Å². The van der Waals surface area contributed by atoms with Gasteiger partial charge in [-0.25, -0.2) is 0 Å². The third-order valence-electron chi connectivity index (χ3n) is 7.26. The Morgan fingerprint density at radius 2 is 1.73 bits per heavy atom. The van der Waals surface area contributed by atoms with Crippen molar-refractivity contribution in [3.8, 4) is 0 Å². The molecular formula is C27H44N2O4. The van der Waals surface area contributed by atoms with Crippen LogP contribution in [0.25, 0.3) is 0 Å². The van der Waals surface area contributed by atoms with E-state index in [-0.39, 0.29) is 12.2 Å². The van der Waals surface area contributed by atoms with E-state index in [0.29, 0.717) is 26.2 Å². The van der Waals surface area contributed by atoms with Crippen molar-refractivity contribution in [3.05, 3.63) is 35.4 Å². The van der Waals surface area contributed by atoms with Crippen LogP contribution in [0.1, 0.15) is 56.6 Å². The molecule has 3 rings (SSSR count). The fourth-order valence-corrected chi connectivity index (χ4v) is 5.23. The summed E-state index contributed by atoms with van der Waals surface area (Å²) in [6, 6.07) is 8.98. The van der Waals surface area contributed by atoms with Crippen molar-refractivity contribution in [1.29, 1.82) is 0 Å². The van der Waals surface area contributed by atoms with E-state index in [1.165, 1.54) is 43.5 Å². The van der Waals surface area contributed by atoms with Crippen molar-refractivity contribution < 1.29 is 19.0 Å². The quantitative estimate of drug-likeness (QED) is 0.291. The molecule has 6 nitrogen and oxygen atoms in total. The van der Waals surface area contributed by atoms with Crippen LogP contribution < -0.4 is 0 Å². The molecule has 2 fully saturated rings. The zero-order valence-electron chi connectivity index (χ0n) is 21.0. The molecule has 1 aromatic rings. The maximum atomic E-state index is 12.6. The molecule has 186 valence electrons. The summed E-state index contributed by atoms with van der Waals surface area (Å²) in [6.07, 6.45) is 7.20. The number of unbranched alkanes of at least 4 members (excludes halogenated alkanes) is 1. The van der Waals surface area contributed by atoms with Gasteiger partial charge >= 0.3 is 0 Å². The van der Waals surface area contributed by atoms with Gasteiger partial charge in [0.2, 0.25) is 5.91 Å². The molecule has 0 aromatic heterocycles. The van der Waals surface area contributed by atoms with Gasteiger partial charge in [0.15, 0.2) is 6.29 Å². The maximum absolute atomic E-state index is 12.6. The third kappa shape index (κ3) is 8.36. The molecule has 6 heteroatoms. The number of nitrogens with zero attached hydrogens (tertiary/aromatic N) is 2. The van der Waals surface area contributed by atoms with Gasteiger partial charge in [-0.1, -0.05) is 44.0 Å². The second kappa shape index (κ2) is 14.1. The largest absolute Gasteiger partial charge is 0.381 e. The molecule has 0 bridgehead atoms. The van der Waals surface area contributed by atoms with Crippen LogP contribution in [0.4, 0.5) is 0 Å². The molecule has 33 heavy (non-hydrogen) atoms. The smallest absolute Gasteiger partial charge is 0.225 e. The number of rotatable bonds is 15. The molecule has 1 saturated carbocycles. The fraction of sp³-hybridized carbons (Fsp3) is 0.741. The molecule has 1 aliphatic carbocycles. The van der Waals surface area contributed by atoms with E-state index < -0.39 is 0 Å². The number of amides is 1. The molecule has 2 aliphatic rings. The molecule has 0 spiro atoms. The van der Waals surface area contributed by atoms with Gasteiger partial charge in [0.25, 0.3) is 0 Å². The highest BCUT2D eigenvalue weighted by Gasteiger charge is 2.35. The van der Waals surface area contributed by atoms with Crippen molar-refractivity contribution in [2.75, 3.05) is 53.6 Å². The molecule has 1 amide bonds. The van der Waals surface area contributed by atoms with Crippen LogP contribution in [0.5, 0.6) is 0 Å². The number of carbonyl (C=O) groups is 1. The van der Waals surface area contributed by atoms with Gasteiger partial charge < -0.3 is 19.1 Å². The van der Waals surface area contributed by atoms with Crippen molar-refractivity contribution >= 4 is 5.91 Å². The second-order valence-corrected chi connectivity index (χ2v) is 9.67. The normalized spacial score (nSPS) is 20.5. The number of fused-ring (bicyclic) bond motifs is 1. The van der Waals surface area contributed by atoms with E-state index >= 15 is 0 Å². The van der Waals surface area contributed by atoms with Gasteiger partial charge in [-0.3, -0.25) is 9.69 Å². The second-order valence-electron chi connectivity index (χ2n) is 9.67. The summed E-state index contributed by atoms with van der Waals surface area (Å²) >= 11 is 0. The Morgan fingerprint density at radius 3 is 2.36 bits per heavy atom.